The Morgan fingerprint density at radius 2 is 1.86 bits per heavy atom. The molecule has 0 saturated heterocycles. The molecule has 0 heterocycles. The van der Waals surface area contributed by atoms with Crippen LogP contribution in [0, 0.1) is 34.5 Å². The minimum atomic E-state index is -1.42. The second kappa shape index (κ2) is 6.76. The summed E-state index contributed by atoms with van der Waals surface area (Å²) in [5.41, 5.74) is -0.508. The summed E-state index contributed by atoms with van der Waals surface area (Å²) in [7, 11) is 0. The highest BCUT2D eigenvalue weighted by Gasteiger charge is 2.66. The predicted molar refractivity (Wildman–Crippen MR) is 108 cm³/mol. The number of Topliss-reactive ketones (excluding diaryl/α,β-unsaturated/α-hetero) is 1. The third-order valence-electron chi connectivity index (χ3n) is 9.30. The summed E-state index contributed by atoms with van der Waals surface area (Å²) in [5, 5.41) is 11.5. The van der Waals surface area contributed by atoms with Crippen LogP contribution >= 0.6 is 0 Å². The van der Waals surface area contributed by atoms with Crippen LogP contribution in [0.25, 0.3) is 0 Å². The summed E-state index contributed by atoms with van der Waals surface area (Å²) in [4.78, 5) is 36.2. The standard InChI is InChI=1S/C24H34O5/c1-14-11-17-18(22(3)8-5-16(26)12-20(14)22)6-9-23(4)19(17)7-10-24(23,28)21(27)13-29-15(2)25/h12,14,17-19,28H,5-11,13H2,1-4H3/t14-,17?,18?,19?,22+,23-,24-/m0/s1. The highest BCUT2D eigenvalue weighted by atomic mass is 16.5. The number of aliphatic hydroxyl groups is 1. The molecule has 0 amide bonds. The van der Waals surface area contributed by atoms with Crippen molar-refractivity contribution in [2.45, 2.75) is 78.2 Å². The highest BCUT2D eigenvalue weighted by molar-refractivity contribution is 5.92. The first-order valence-electron chi connectivity index (χ1n) is 11.2. The molecule has 3 fully saturated rings. The van der Waals surface area contributed by atoms with Crippen molar-refractivity contribution in [2.75, 3.05) is 6.61 Å². The molecule has 3 unspecified atom stereocenters. The van der Waals surface area contributed by atoms with Crippen molar-refractivity contribution < 1.29 is 24.2 Å². The third kappa shape index (κ3) is 2.87. The topological polar surface area (TPSA) is 80.7 Å². The van der Waals surface area contributed by atoms with Crippen molar-refractivity contribution in [1.29, 1.82) is 0 Å². The van der Waals surface area contributed by atoms with E-state index in [1.165, 1.54) is 12.5 Å². The molecule has 5 heteroatoms. The fourth-order valence-corrected chi connectivity index (χ4v) is 7.75. The van der Waals surface area contributed by atoms with E-state index in [0.29, 0.717) is 30.6 Å². The SMILES string of the molecule is CC(=O)OCC(=O)[C@@]1(O)CCC2C3C[C@H](C)C4=CC(=O)CC[C@]4(C)C3CC[C@@]21C. The average Bonchev–Trinajstić information content (AvgIpc) is 2.94. The molecule has 29 heavy (non-hydrogen) atoms. The largest absolute Gasteiger partial charge is 0.458 e. The van der Waals surface area contributed by atoms with Gasteiger partial charge in [-0.25, -0.2) is 0 Å². The predicted octanol–water partition coefficient (Wildman–Crippen LogP) is 3.63. The molecule has 4 aliphatic carbocycles. The van der Waals surface area contributed by atoms with Gasteiger partial charge >= 0.3 is 5.97 Å². The Kier molecular flexibility index (Phi) is 4.84. The number of esters is 1. The Balaban J connectivity index is 1.64. The maximum Gasteiger partial charge on any atom is 0.303 e. The van der Waals surface area contributed by atoms with Crippen LogP contribution in [0.2, 0.25) is 0 Å². The molecule has 4 rings (SSSR count). The van der Waals surface area contributed by atoms with Gasteiger partial charge in [0, 0.05) is 18.8 Å². The maximum atomic E-state index is 12.9. The molecule has 0 radical (unpaired) electrons. The molecule has 5 nitrogen and oxygen atoms in total. The minimum Gasteiger partial charge on any atom is -0.458 e. The van der Waals surface area contributed by atoms with Crippen LogP contribution in [0.1, 0.15) is 72.6 Å². The van der Waals surface area contributed by atoms with Gasteiger partial charge in [-0.2, -0.15) is 0 Å². The van der Waals surface area contributed by atoms with E-state index >= 15 is 0 Å². The van der Waals surface area contributed by atoms with E-state index in [2.05, 4.69) is 20.8 Å². The van der Waals surface area contributed by atoms with E-state index in [1.54, 1.807) is 0 Å². The first-order valence-corrected chi connectivity index (χ1v) is 11.2. The zero-order valence-corrected chi connectivity index (χ0v) is 18.1. The second-order valence-corrected chi connectivity index (χ2v) is 10.6. The van der Waals surface area contributed by atoms with Crippen LogP contribution in [0.5, 0.6) is 0 Å². The summed E-state index contributed by atoms with van der Waals surface area (Å²) in [5.74, 6) is 1.01. The number of rotatable bonds is 3. The first kappa shape index (κ1) is 20.8. The molecular formula is C24H34O5. The van der Waals surface area contributed by atoms with Gasteiger partial charge in [-0.3, -0.25) is 14.4 Å². The Labute approximate surface area is 173 Å². The summed E-state index contributed by atoms with van der Waals surface area (Å²) < 4.78 is 4.94. The van der Waals surface area contributed by atoms with Crippen LogP contribution in [-0.2, 0) is 19.1 Å². The lowest BCUT2D eigenvalue weighted by atomic mass is 9.44. The molecule has 0 bridgehead atoms. The van der Waals surface area contributed by atoms with E-state index in [1.807, 2.05) is 6.08 Å². The van der Waals surface area contributed by atoms with Crippen LogP contribution in [0.3, 0.4) is 0 Å². The molecule has 0 aromatic rings. The van der Waals surface area contributed by atoms with Crippen LogP contribution in [-0.4, -0.2) is 34.9 Å². The molecular weight excluding hydrogens is 368 g/mol. The lowest BCUT2D eigenvalue weighted by Gasteiger charge is -2.60. The van der Waals surface area contributed by atoms with E-state index in [4.69, 9.17) is 4.74 Å². The van der Waals surface area contributed by atoms with Crippen molar-refractivity contribution in [2.24, 2.45) is 34.5 Å². The number of fused-ring (bicyclic) bond motifs is 5. The van der Waals surface area contributed by atoms with Crippen molar-refractivity contribution in [3.05, 3.63) is 11.6 Å². The summed E-state index contributed by atoms with van der Waals surface area (Å²) in [6.07, 6.45) is 7.54. The molecule has 7 atom stereocenters. The molecule has 0 spiro atoms. The fraction of sp³-hybridized carbons (Fsp3) is 0.792. The molecule has 0 aromatic carbocycles. The summed E-state index contributed by atoms with van der Waals surface area (Å²) in [6, 6.07) is 0. The maximum absolute atomic E-state index is 12.9. The number of ether oxygens (including phenoxy) is 1. The van der Waals surface area contributed by atoms with Crippen molar-refractivity contribution >= 4 is 17.5 Å². The lowest BCUT2D eigenvalue weighted by Crippen LogP contribution is -2.58. The minimum absolute atomic E-state index is 0.0556. The van der Waals surface area contributed by atoms with E-state index in [0.717, 1.165) is 32.1 Å². The van der Waals surface area contributed by atoms with Gasteiger partial charge in [-0.1, -0.05) is 26.3 Å². The number of allylic oxidation sites excluding steroid dienone is 1. The summed E-state index contributed by atoms with van der Waals surface area (Å²) in [6.45, 7) is 7.60. The van der Waals surface area contributed by atoms with Gasteiger partial charge in [0.1, 0.15) is 5.60 Å². The van der Waals surface area contributed by atoms with Gasteiger partial charge < -0.3 is 9.84 Å². The molecule has 4 aliphatic rings. The van der Waals surface area contributed by atoms with Crippen molar-refractivity contribution in [3.8, 4) is 0 Å². The number of carbonyl (C=O) groups excluding carboxylic acids is 3. The molecule has 0 aromatic heterocycles. The van der Waals surface area contributed by atoms with Gasteiger partial charge in [-0.15, -0.1) is 0 Å². The Bertz CT molecular complexity index is 784. The molecule has 160 valence electrons. The van der Waals surface area contributed by atoms with Crippen LogP contribution in [0.15, 0.2) is 11.6 Å². The monoisotopic (exact) mass is 402 g/mol. The molecule has 0 aliphatic heterocycles. The molecule has 3 saturated carbocycles. The number of carbonyl (C=O) groups is 3. The fourth-order valence-electron chi connectivity index (χ4n) is 7.75. The van der Waals surface area contributed by atoms with Gasteiger partial charge in [0.25, 0.3) is 0 Å². The number of hydrogen-bond acceptors (Lipinski definition) is 5. The Morgan fingerprint density at radius 3 is 2.55 bits per heavy atom. The van der Waals surface area contributed by atoms with E-state index in [9.17, 15) is 19.5 Å². The quantitative estimate of drug-likeness (QED) is 0.729. The normalized spacial score (nSPS) is 46.2. The zero-order chi connectivity index (χ0) is 21.2. The Morgan fingerprint density at radius 1 is 1.17 bits per heavy atom. The van der Waals surface area contributed by atoms with Crippen LogP contribution in [0.4, 0.5) is 0 Å². The average molecular weight is 403 g/mol. The molecule has 1 N–H and O–H groups in total. The van der Waals surface area contributed by atoms with Crippen LogP contribution < -0.4 is 0 Å². The lowest BCUT2D eigenvalue weighted by molar-refractivity contribution is -0.170. The smallest absolute Gasteiger partial charge is 0.303 e. The third-order valence-corrected chi connectivity index (χ3v) is 9.30. The number of hydrogen-bond donors (Lipinski definition) is 1. The van der Waals surface area contributed by atoms with E-state index in [-0.39, 0.29) is 29.5 Å². The highest BCUT2D eigenvalue weighted by Crippen LogP contribution is 2.68. The van der Waals surface area contributed by atoms with Gasteiger partial charge in [0.15, 0.2) is 12.4 Å². The second-order valence-electron chi connectivity index (χ2n) is 10.6. The summed E-state index contributed by atoms with van der Waals surface area (Å²) >= 11 is 0. The van der Waals surface area contributed by atoms with Crippen molar-refractivity contribution in [1.82, 2.24) is 0 Å². The van der Waals surface area contributed by atoms with Crippen molar-refractivity contribution in [3.63, 3.8) is 0 Å². The van der Waals surface area contributed by atoms with E-state index < -0.39 is 17.0 Å². The van der Waals surface area contributed by atoms with Gasteiger partial charge in [-0.05, 0) is 73.7 Å². The van der Waals surface area contributed by atoms with Gasteiger partial charge in [0.05, 0.1) is 0 Å². The number of ketones is 2. The zero-order valence-electron chi connectivity index (χ0n) is 18.1. The Hall–Kier alpha value is -1.49. The van der Waals surface area contributed by atoms with Gasteiger partial charge in [0.2, 0.25) is 5.78 Å². The first-order chi connectivity index (χ1) is 13.5.